The Hall–Kier alpha value is -2.82. The van der Waals surface area contributed by atoms with Crippen molar-refractivity contribution < 1.29 is 4.79 Å². The summed E-state index contributed by atoms with van der Waals surface area (Å²) in [4.78, 5) is 16.5. The topological polar surface area (TPSA) is 65.5 Å². The van der Waals surface area contributed by atoms with Gasteiger partial charge < -0.3 is 16.0 Å². The molecule has 0 aromatic heterocycles. The molecule has 3 N–H and O–H groups in total. The summed E-state index contributed by atoms with van der Waals surface area (Å²) in [5.74, 6) is 0.768. The number of fused-ring (bicyclic) bond motifs is 1. The van der Waals surface area contributed by atoms with Gasteiger partial charge in [0.1, 0.15) is 0 Å². The van der Waals surface area contributed by atoms with E-state index in [1.165, 1.54) is 36.0 Å². The van der Waals surface area contributed by atoms with Gasteiger partial charge in [-0.15, -0.1) is 0 Å². The van der Waals surface area contributed by atoms with Gasteiger partial charge in [-0.2, -0.15) is 0 Å². The van der Waals surface area contributed by atoms with E-state index in [1.807, 2.05) is 24.3 Å². The fourth-order valence-corrected chi connectivity index (χ4v) is 3.57. The van der Waals surface area contributed by atoms with Crippen molar-refractivity contribution in [3.63, 3.8) is 0 Å². The van der Waals surface area contributed by atoms with Crippen LogP contribution in [0.5, 0.6) is 0 Å². The second-order valence-corrected chi connectivity index (χ2v) is 7.11. The Kier molecular flexibility index (Phi) is 7.06. The molecule has 0 saturated carbocycles. The summed E-state index contributed by atoms with van der Waals surface area (Å²) in [5.41, 5.74) is 6.06. The van der Waals surface area contributed by atoms with Crippen molar-refractivity contribution in [3.8, 4) is 0 Å². The molecule has 28 heavy (non-hydrogen) atoms. The lowest BCUT2D eigenvalue weighted by Crippen LogP contribution is -2.38. The maximum absolute atomic E-state index is 11.8. The molecule has 0 spiro atoms. The van der Waals surface area contributed by atoms with Crippen LogP contribution in [-0.2, 0) is 25.8 Å². The van der Waals surface area contributed by atoms with E-state index in [2.05, 4.69) is 41.1 Å². The van der Waals surface area contributed by atoms with Gasteiger partial charge in [0.15, 0.2) is 5.96 Å². The molecule has 5 nitrogen and oxygen atoms in total. The van der Waals surface area contributed by atoms with E-state index in [4.69, 9.17) is 4.99 Å². The predicted octanol–water partition coefficient (Wildman–Crippen LogP) is 2.83. The van der Waals surface area contributed by atoms with Gasteiger partial charge in [-0.3, -0.25) is 4.79 Å². The second-order valence-electron chi connectivity index (χ2n) is 7.11. The highest BCUT2D eigenvalue weighted by Crippen LogP contribution is 2.23. The van der Waals surface area contributed by atoms with Crippen molar-refractivity contribution in [2.45, 2.75) is 39.2 Å². The van der Waals surface area contributed by atoms with Gasteiger partial charge in [0.25, 0.3) is 5.91 Å². The van der Waals surface area contributed by atoms with E-state index in [0.29, 0.717) is 12.1 Å². The van der Waals surface area contributed by atoms with Crippen molar-refractivity contribution in [1.29, 1.82) is 0 Å². The molecular weight excluding hydrogens is 348 g/mol. The van der Waals surface area contributed by atoms with Crippen LogP contribution in [0.25, 0.3) is 0 Å². The standard InChI is InChI=1S/C23H30N4O/c1-3-25-23(27-16-18-10-11-19-7-5-8-20(19)15-18)26-13-12-17-6-4-9-21(14-17)22(28)24-2/h4,6,9-11,14-15H,3,5,7-8,12-13,16H2,1-2H3,(H,24,28)(H2,25,26,27). The molecule has 0 bridgehead atoms. The highest BCUT2D eigenvalue weighted by atomic mass is 16.1. The zero-order chi connectivity index (χ0) is 19.8. The molecule has 5 heteroatoms. The van der Waals surface area contributed by atoms with Crippen LogP contribution in [0.3, 0.4) is 0 Å². The van der Waals surface area contributed by atoms with Gasteiger partial charge in [0.2, 0.25) is 0 Å². The minimum absolute atomic E-state index is 0.0564. The van der Waals surface area contributed by atoms with Crippen LogP contribution >= 0.6 is 0 Å². The Morgan fingerprint density at radius 2 is 1.89 bits per heavy atom. The number of nitrogens with one attached hydrogen (secondary N) is 3. The van der Waals surface area contributed by atoms with E-state index in [9.17, 15) is 4.79 Å². The van der Waals surface area contributed by atoms with E-state index >= 15 is 0 Å². The quantitative estimate of drug-likeness (QED) is 0.513. The van der Waals surface area contributed by atoms with Gasteiger partial charge in [-0.25, -0.2) is 4.99 Å². The number of benzene rings is 2. The van der Waals surface area contributed by atoms with E-state index < -0.39 is 0 Å². The van der Waals surface area contributed by atoms with Crippen LogP contribution in [-0.4, -0.2) is 32.0 Å². The maximum atomic E-state index is 11.8. The third-order valence-electron chi connectivity index (χ3n) is 5.05. The van der Waals surface area contributed by atoms with Crippen molar-refractivity contribution >= 4 is 11.9 Å². The molecule has 2 aromatic rings. The van der Waals surface area contributed by atoms with Crippen LogP contribution in [0.2, 0.25) is 0 Å². The molecule has 0 atom stereocenters. The average Bonchev–Trinajstić information content (AvgIpc) is 3.19. The van der Waals surface area contributed by atoms with Gasteiger partial charge in [0.05, 0.1) is 6.54 Å². The van der Waals surface area contributed by atoms with Crippen molar-refractivity contribution in [2.24, 2.45) is 4.99 Å². The summed E-state index contributed by atoms with van der Waals surface area (Å²) >= 11 is 0. The number of carbonyl (C=O) groups is 1. The first kappa shape index (κ1) is 19.9. The third kappa shape index (κ3) is 5.35. The molecule has 2 aromatic carbocycles. The molecule has 1 amide bonds. The molecular formula is C23H30N4O. The molecule has 1 aliphatic rings. The second kappa shape index (κ2) is 9.93. The van der Waals surface area contributed by atoms with Crippen molar-refractivity contribution in [1.82, 2.24) is 16.0 Å². The molecule has 0 saturated heterocycles. The fourth-order valence-electron chi connectivity index (χ4n) is 3.57. The Morgan fingerprint density at radius 3 is 2.71 bits per heavy atom. The molecule has 0 unspecified atom stereocenters. The van der Waals surface area contributed by atoms with Gasteiger partial charge in [-0.1, -0.05) is 30.3 Å². The van der Waals surface area contributed by atoms with Crippen LogP contribution in [0, 0.1) is 0 Å². The number of aliphatic imine (C=N–C) groups is 1. The Balaban J connectivity index is 1.56. The normalized spacial score (nSPS) is 13.1. The molecule has 3 rings (SSSR count). The number of guanidine groups is 1. The van der Waals surface area contributed by atoms with E-state index in [1.54, 1.807) is 7.05 Å². The third-order valence-corrected chi connectivity index (χ3v) is 5.05. The molecule has 0 heterocycles. The number of carbonyl (C=O) groups excluding carboxylic acids is 1. The highest BCUT2D eigenvalue weighted by Gasteiger charge is 2.10. The monoisotopic (exact) mass is 378 g/mol. The summed E-state index contributed by atoms with van der Waals surface area (Å²) in [6.45, 7) is 4.32. The largest absolute Gasteiger partial charge is 0.357 e. The minimum Gasteiger partial charge on any atom is -0.357 e. The lowest BCUT2D eigenvalue weighted by Gasteiger charge is -2.12. The lowest BCUT2D eigenvalue weighted by molar-refractivity contribution is 0.0963. The first-order valence-corrected chi connectivity index (χ1v) is 10.1. The first-order valence-electron chi connectivity index (χ1n) is 10.1. The SMILES string of the molecule is CCNC(=NCc1ccc2c(c1)CCC2)NCCc1cccc(C(=O)NC)c1. The molecule has 0 fully saturated rings. The zero-order valence-electron chi connectivity index (χ0n) is 16.8. The van der Waals surface area contributed by atoms with Crippen molar-refractivity contribution in [3.05, 3.63) is 70.3 Å². The van der Waals surface area contributed by atoms with Crippen LogP contribution in [0.4, 0.5) is 0 Å². The number of rotatable bonds is 7. The summed E-state index contributed by atoms with van der Waals surface area (Å²) < 4.78 is 0. The maximum Gasteiger partial charge on any atom is 0.251 e. The predicted molar refractivity (Wildman–Crippen MR) is 115 cm³/mol. The number of hydrogen-bond acceptors (Lipinski definition) is 2. The highest BCUT2D eigenvalue weighted by molar-refractivity contribution is 5.94. The summed E-state index contributed by atoms with van der Waals surface area (Å²) in [5, 5.41) is 9.36. The lowest BCUT2D eigenvalue weighted by atomic mass is 10.1. The number of nitrogens with zero attached hydrogens (tertiary/aromatic N) is 1. The van der Waals surface area contributed by atoms with Crippen LogP contribution in [0.15, 0.2) is 47.5 Å². The van der Waals surface area contributed by atoms with E-state index in [0.717, 1.165) is 31.0 Å². The molecule has 148 valence electrons. The summed E-state index contributed by atoms with van der Waals surface area (Å²) in [6, 6.07) is 14.5. The Morgan fingerprint density at radius 1 is 1.04 bits per heavy atom. The summed E-state index contributed by atoms with van der Waals surface area (Å²) in [7, 11) is 1.65. The first-order chi connectivity index (χ1) is 13.7. The smallest absolute Gasteiger partial charge is 0.251 e. The molecule has 1 aliphatic carbocycles. The Bertz CT molecular complexity index is 844. The minimum atomic E-state index is -0.0564. The number of hydrogen-bond donors (Lipinski definition) is 3. The summed E-state index contributed by atoms with van der Waals surface area (Å²) in [6.07, 6.45) is 4.51. The number of amides is 1. The van der Waals surface area contributed by atoms with Gasteiger partial charge in [-0.05, 0) is 67.0 Å². The average molecular weight is 379 g/mol. The van der Waals surface area contributed by atoms with Gasteiger partial charge >= 0.3 is 0 Å². The fraction of sp³-hybridized carbons (Fsp3) is 0.391. The van der Waals surface area contributed by atoms with Crippen molar-refractivity contribution in [2.75, 3.05) is 20.1 Å². The number of aryl methyl sites for hydroxylation is 2. The van der Waals surface area contributed by atoms with Crippen LogP contribution < -0.4 is 16.0 Å². The van der Waals surface area contributed by atoms with Gasteiger partial charge in [0, 0.05) is 25.7 Å². The molecule has 0 aliphatic heterocycles. The Labute approximate surface area is 167 Å². The van der Waals surface area contributed by atoms with E-state index in [-0.39, 0.29) is 5.91 Å². The van der Waals surface area contributed by atoms with Crippen LogP contribution in [0.1, 0.15) is 46.0 Å². The zero-order valence-corrected chi connectivity index (χ0v) is 16.8. The molecule has 0 radical (unpaired) electrons.